The number of nitrogens with one attached hydrogen (secondary N) is 2. The predicted octanol–water partition coefficient (Wildman–Crippen LogP) is 2.44. The van der Waals surface area contributed by atoms with Gasteiger partial charge in [0.15, 0.2) is 12.4 Å². The summed E-state index contributed by atoms with van der Waals surface area (Å²) in [5.41, 5.74) is 0.181. The van der Waals surface area contributed by atoms with Crippen molar-refractivity contribution in [1.82, 2.24) is 10.3 Å². The van der Waals surface area contributed by atoms with Crippen LogP contribution in [0.3, 0.4) is 0 Å². The molecule has 0 aliphatic heterocycles. The molecule has 0 unspecified atom stereocenters. The molecule has 136 valence electrons. The summed E-state index contributed by atoms with van der Waals surface area (Å²) >= 11 is 11.5. The van der Waals surface area contributed by atoms with E-state index in [0.717, 1.165) is 12.1 Å². The summed E-state index contributed by atoms with van der Waals surface area (Å²) in [5, 5.41) is 5.07. The number of nitrogens with zero attached hydrogens (tertiary/aromatic N) is 1. The van der Waals surface area contributed by atoms with Gasteiger partial charge < -0.3 is 15.4 Å². The number of aromatic nitrogens is 1. The average molecular weight is 400 g/mol. The number of esters is 1. The van der Waals surface area contributed by atoms with Crippen LogP contribution in [0.25, 0.3) is 0 Å². The molecule has 0 saturated heterocycles. The van der Waals surface area contributed by atoms with Gasteiger partial charge in [-0.05, 0) is 30.3 Å². The number of amides is 2. The van der Waals surface area contributed by atoms with Crippen LogP contribution in [0.2, 0.25) is 10.0 Å². The quantitative estimate of drug-likeness (QED) is 0.726. The minimum atomic E-state index is -0.828. The van der Waals surface area contributed by atoms with Crippen molar-refractivity contribution in [3.8, 4) is 0 Å². The minimum absolute atomic E-state index is 0.0710. The van der Waals surface area contributed by atoms with Crippen molar-refractivity contribution < 1.29 is 23.5 Å². The second-order valence-electron chi connectivity index (χ2n) is 4.88. The van der Waals surface area contributed by atoms with Crippen LogP contribution < -0.4 is 10.6 Å². The van der Waals surface area contributed by atoms with E-state index in [9.17, 15) is 18.8 Å². The lowest BCUT2D eigenvalue weighted by molar-refractivity contribution is -0.146. The molecule has 1 aromatic heterocycles. The van der Waals surface area contributed by atoms with Gasteiger partial charge in [0.05, 0.1) is 10.0 Å². The van der Waals surface area contributed by atoms with Gasteiger partial charge in [-0.3, -0.25) is 14.4 Å². The van der Waals surface area contributed by atoms with Gasteiger partial charge in [0.25, 0.3) is 11.8 Å². The Morgan fingerprint density at radius 3 is 2.50 bits per heavy atom. The van der Waals surface area contributed by atoms with Gasteiger partial charge in [0.2, 0.25) is 0 Å². The number of carbonyl (C=O) groups is 3. The van der Waals surface area contributed by atoms with E-state index >= 15 is 0 Å². The summed E-state index contributed by atoms with van der Waals surface area (Å²) in [7, 11) is 0. The molecule has 10 heteroatoms. The van der Waals surface area contributed by atoms with Gasteiger partial charge in [-0.1, -0.05) is 23.2 Å². The molecular weight excluding hydrogens is 388 g/mol. The van der Waals surface area contributed by atoms with Gasteiger partial charge in [0, 0.05) is 11.8 Å². The maximum Gasteiger partial charge on any atom is 0.325 e. The monoisotopic (exact) mass is 399 g/mol. The Morgan fingerprint density at radius 1 is 1.15 bits per heavy atom. The van der Waals surface area contributed by atoms with Crippen molar-refractivity contribution in [2.24, 2.45) is 0 Å². The minimum Gasteiger partial charge on any atom is -0.454 e. The second kappa shape index (κ2) is 9.12. The molecule has 0 saturated carbocycles. The standard InChI is InChI=1S/C16H12Cl2FN3O4/c17-10-5-12(18)15(20-6-10)22-13(23)8-26-14(24)7-21-16(25)9-1-3-11(19)4-2-9/h1-6H,7-8H2,(H,21,25)(H,20,22,23). The van der Waals surface area contributed by atoms with E-state index in [4.69, 9.17) is 27.9 Å². The second-order valence-corrected chi connectivity index (χ2v) is 5.73. The summed E-state index contributed by atoms with van der Waals surface area (Å²) in [5.74, 6) is -2.49. The van der Waals surface area contributed by atoms with E-state index in [0.29, 0.717) is 5.02 Å². The lowest BCUT2D eigenvalue weighted by Gasteiger charge is -2.08. The number of halogens is 3. The molecule has 0 bridgehead atoms. The van der Waals surface area contributed by atoms with Crippen LogP contribution in [0.15, 0.2) is 36.5 Å². The highest BCUT2D eigenvalue weighted by molar-refractivity contribution is 6.36. The van der Waals surface area contributed by atoms with Crippen LogP contribution in [-0.4, -0.2) is 35.9 Å². The van der Waals surface area contributed by atoms with E-state index in [2.05, 4.69) is 15.6 Å². The van der Waals surface area contributed by atoms with Crippen LogP contribution in [0.1, 0.15) is 10.4 Å². The number of anilines is 1. The Kier molecular flexibility index (Phi) is 6.88. The van der Waals surface area contributed by atoms with Crippen molar-refractivity contribution in [1.29, 1.82) is 0 Å². The fourth-order valence-electron chi connectivity index (χ4n) is 1.73. The molecular formula is C16H12Cl2FN3O4. The molecule has 2 rings (SSSR count). The molecule has 26 heavy (non-hydrogen) atoms. The molecule has 0 fully saturated rings. The highest BCUT2D eigenvalue weighted by Gasteiger charge is 2.12. The Labute approximate surface area is 157 Å². The first kappa shape index (κ1) is 19.6. The third-order valence-electron chi connectivity index (χ3n) is 2.93. The zero-order chi connectivity index (χ0) is 19.1. The summed E-state index contributed by atoms with van der Waals surface area (Å²) in [6.07, 6.45) is 1.29. The van der Waals surface area contributed by atoms with Crippen molar-refractivity contribution in [2.75, 3.05) is 18.5 Å². The van der Waals surface area contributed by atoms with Gasteiger partial charge in [-0.2, -0.15) is 0 Å². The van der Waals surface area contributed by atoms with Crippen molar-refractivity contribution in [3.05, 3.63) is 58.0 Å². The van der Waals surface area contributed by atoms with E-state index in [1.54, 1.807) is 0 Å². The van der Waals surface area contributed by atoms with Crippen LogP contribution in [-0.2, 0) is 14.3 Å². The van der Waals surface area contributed by atoms with Gasteiger partial charge >= 0.3 is 5.97 Å². The molecule has 0 aliphatic carbocycles. The maximum absolute atomic E-state index is 12.8. The lowest BCUT2D eigenvalue weighted by atomic mass is 10.2. The SMILES string of the molecule is O=C(COC(=O)CNC(=O)c1ccc(F)cc1)Nc1ncc(Cl)cc1Cl. The topological polar surface area (TPSA) is 97.4 Å². The maximum atomic E-state index is 12.8. The van der Waals surface area contributed by atoms with E-state index in [1.807, 2.05) is 0 Å². The average Bonchev–Trinajstić information content (AvgIpc) is 2.61. The zero-order valence-corrected chi connectivity index (χ0v) is 14.6. The normalized spacial score (nSPS) is 10.1. The molecule has 0 radical (unpaired) electrons. The molecule has 7 nitrogen and oxygen atoms in total. The number of benzene rings is 1. The Bertz CT molecular complexity index is 831. The lowest BCUT2D eigenvalue weighted by Crippen LogP contribution is -2.32. The Balaban J connectivity index is 1.74. The molecule has 0 aliphatic rings. The molecule has 2 amide bonds. The van der Waals surface area contributed by atoms with Crippen molar-refractivity contribution in [3.63, 3.8) is 0 Å². The van der Waals surface area contributed by atoms with Crippen LogP contribution in [0, 0.1) is 5.82 Å². The summed E-state index contributed by atoms with van der Waals surface area (Å²) in [6.45, 7) is -1.05. The third kappa shape index (κ3) is 5.98. The summed E-state index contributed by atoms with van der Waals surface area (Å²) in [6, 6.07) is 6.17. The molecule has 1 aromatic carbocycles. The smallest absolute Gasteiger partial charge is 0.325 e. The van der Waals surface area contributed by atoms with E-state index in [-0.39, 0.29) is 16.4 Å². The predicted molar refractivity (Wildman–Crippen MR) is 92.6 cm³/mol. The molecule has 0 atom stereocenters. The summed E-state index contributed by atoms with van der Waals surface area (Å²) < 4.78 is 17.5. The van der Waals surface area contributed by atoms with E-state index in [1.165, 1.54) is 24.4 Å². The van der Waals surface area contributed by atoms with Gasteiger partial charge in [-0.25, -0.2) is 9.37 Å². The Hall–Kier alpha value is -2.71. The Morgan fingerprint density at radius 2 is 1.85 bits per heavy atom. The zero-order valence-electron chi connectivity index (χ0n) is 13.1. The van der Waals surface area contributed by atoms with Crippen LogP contribution in [0.4, 0.5) is 10.2 Å². The molecule has 2 aromatic rings. The highest BCUT2D eigenvalue weighted by atomic mass is 35.5. The first-order chi connectivity index (χ1) is 12.3. The third-order valence-corrected chi connectivity index (χ3v) is 3.42. The number of ether oxygens (including phenoxy) is 1. The number of pyridine rings is 1. The first-order valence-electron chi connectivity index (χ1n) is 7.15. The van der Waals surface area contributed by atoms with Crippen LogP contribution >= 0.6 is 23.2 Å². The van der Waals surface area contributed by atoms with Crippen LogP contribution in [0.5, 0.6) is 0 Å². The fourth-order valence-corrected chi connectivity index (χ4v) is 2.15. The van der Waals surface area contributed by atoms with Gasteiger partial charge in [0.1, 0.15) is 12.4 Å². The number of carbonyl (C=O) groups excluding carboxylic acids is 3. The number of rotatable bonds is 6. The molecule has 0 spiro atoms. The summed E-state index contributed by atoms with van der Waals surface area (Å²) in [4.78, 5) is 38.8. The van der Waals surface area contributed by atoms with Gasteiger partial charge in [-0.15, -0.1) is 0 Å². The molecule has 1 heterocycles. The fraction of sp³-hybridized carbons (Fsp3) is 0.125. The number of hydrogen-bond acceptors (Lipinski definition) is 5. The van der Waals surface area contributed by atoms with Crippen molar-refractivity contribution in [2.45, 2.75) is 0 Å². The van der Waals surface area contributed by atoms with E-state index < -0.39 is 36.8 Å². The van der Waals surface area contributed by atoms with Crippen molar-refractivity contribution >= 4 is 46.8 Å². The highest BCUT2D eigenvalue weighted by Crippen LogP contribution is 2.22. The first-order valence-corrected chi connectivity index (χ1v) is 7.91. The largest absolute Gasteiger partial charge is 0.454 e. The molecule has 2 N–H and O–H groups in total. The number of hydrogen-bond donors (Lipinski definition) is 2.